The van der Waals surface area contributed by atoms with Gasteiger partial charge in [-0.1, -0.05) is 0 Å². The first kappa shape index (κ1) is 21.8. The molecule has 0 bridgehead atoms. The minimum absolute atomic E-state index is 0.0415. The average Bonchev–Trinajstić information content (AvgIpc) is 2.61. The van der Waals surface area contributed by atoms with E-state index < -0.39 is 33.3 Å². The van der Waals surface area contributed by atoms with Crippen LogP contribution in [0.25, 0.3) is 0 Å². The van der Waals surface area contributed by atoms with E-state index in [4.69, 9.17) is 0 Å². The highest BCUT2D eigenvalue weighted by Crippen LogP contribution is 2.23. The van der Waals surface area contributed by atoms with Gasteiger partial charge >= 0.3 is 11.9 Å². The highest BCUT2D eigenvalue weighted by molar-refractivity contribution is 7.91. The molecule has 0 saturated carbocycles. The van der Waals surface area contributed by atoms with Crippen molar-refractivity contribution in [2.75, 3.05) is 50.8 Å². The third-order valence-corrected chi connectivity index (χ3v) is 5.56. The van der Waals surface area contributed by atoms with Crippen molar-refractivity contribution in [2.24, 2.45) is 0 Å². The lowest BCUT2D eigenvalue weighted by atomic mass is 10.2. The van der Waals surface area contributed by atoms with Crippen molar-refractivity contribution in [1.82, 2.24) is 4.90 Å². The van der Waals surface area contributed by atoms with E-state index >= 15 is 0 Å². The van der Waals surface area contributed by atoms with Crippen molar-refractivity contribution in [3.8, 4) is 0 Å². The van der Waals surface area contributed by atoms with E-state index in [1.807, 2.05) is 4.90 Å². The zero-order chi connectivity index (χ0) is 20.1. The number of ether oxygens (including phenoxy) is 1. The standard InChI is InChI=1S/C16H21F5N2O3S/c17-15(18)27(24,25)14-4-2-13(3-5-14)23-9-7-22(8-10-23)6-1-11-26-12-16(19,20)21/h2-5,15H,1,6-12H2. The lowest BCUT2D eigenvalue weighted by molar-refractivity contribution is -0.174. The summed E-state index contributed by atoms with van der Waals surface area (Å²) in [6, 6.07) is 5.33. The van der Waals surface area contributed by atoms with Crippen LogP contribution in [0.5, 0.6) is 0 Å². The van der Waals surface area contributed by atoms with Crippen LogP contribution in [-0.4, -0.2) is 71.2 Å². The van der Waals surface area contributed by atoms with Gasteiger partial charge in [-0.15, -0.1) is 0 Å². The van der Waals surface area contributed by atoms with Crippen LogP contribution in [0.2, 0.25) is 0 Å². The molecule has 0 unspecified atom stereocenters. The summed E-state index contributed by atoms with van der Waals surface area (Å²) in [6.45, 7) is 2.09. The smallest absolute Gasteiger partial charge is 0.372 e. The Morgan fingerprint density at radius 3 is 2.15 bits per heavy atom. The van der Waals surface area contributed by atoms with Crippen molar-refractivity contribution in [2.45, 2.75) is 23.3 Å². The van der Waals surface area contributed by atoms with E-state index in [1.165, 1.54) is 24.3 Å². The molecule has 0 radical (unpaired) electrons. The summed E-state index contributed by atoms with van der Waals surface area (Å²) in [4.78, 5) is 3.68. The maximum Gasteiger partial charge on any atom is 0.411 e. The highest BCUT2D eigenvalue weighted by Gasteiger charge is 2.28. The molecular formula is C16H21F5N2O3S. The predicted molar refractivity (Wildman–Crippen MR) is 89.8 cm³/mol. The van der Waals surface area contributed by atoms with E-state index in [-0.39, 0.29) is 6.61 Å². The van der Waals surface area contributed by atoms with Gasteiger partial charge in [-0.05, 0) is 30.7 Å². The molecule has 0 aliphatic carbocycles. The van der Waals surface area contributed by atoms with Gasteiger partial charge in [-0.2, -0.15) is 22.0 Å². The largest absolute Gasteiger partial charge is 0.411 e. The number of halogens is 5. The third kappa shape index (κ3) is 6.58. The molecule has 5 nitrogen and oxygen atoms in total. The van der Waals surface area contributed by atoms with Crippen LogP contribution >= 0.6 is 0 Å². The summed E-state index contributed by atoms with van der Waals surface area (Å²) >= 11 is 0. The van der Waals surface area contributed by atoms with Crippen LogP contribution in [0.15, 0.2) is 29.2 Å². The molecule has 0 atom stereocenters. The lowest BCUT2D eigenvalue weighted by Gasteiger charge is -2.36. The fourth-order valence-electron chi connectivity index (χ4n) is 2.76. The quantitative estimate of drug-likeness (QED) is 0.482. The Kier molecular flexibility index (Phi) is 7.40. The minimum Gasteiger partial charge on any atom is -0.372 e. The Bertz CT molecular complexity index is 687. The number of hydrogen-bond donors (Lipinski definition) is 0. The van der Waals surface area contributed by atoms with Crippen LogP contribution in [0.3, 0.4) is 0 Å². The summed E-state index contributed by atoms with van der Waals surface area (Å²) in [5.74, 6) is -3.45. The Hall–Kier alpha value is -1.46. The van der Waals surface area contributed by atoms with Gasteiger partial charge in [0.1, 0.15) is 6.61 Å². The Morgan fingerprint density at radius 2 is 1.63 bits per heavy atom. The Balaban J connectivity index is 1.76. The molecule has 1 aromatic carbocycles. The van der Waals surface area contributed by atoms with Gasteiger partial charge in [0.2, 0.25) is 9.84 Å². The second kappa shape index (κ2) is 9.16. The number of hydrogen-bond acceptors (Lipinski definition) is 5. The fraction of sp³-hybridized carbons (Fsp3) is 0.625. The molecule has 0 spiro atoms. The number of sulfone groups is 1. The monoisotopic (exact) mass is 416 g/mol. The molecule has 0 N–H and O–H groups in total. The zero-order valence-corrected chi connectivity index (χ0v) is 15.3. The molecular weight excluding hydrogens is 395 g/mol. The van der Waals surface area contributed by atoms with Gasteiger partial charge in [-0.25, -0.2) is 8.42 Å². The molecule has 1 aromatic rings. The number of rotatable bonds is 8. The van der Waals surface area contributed by atoms with Crippen molar-refractivity contribution in [3.05, 3.63) is 24.3 Å². The van der Waals surface area contributed by atoms with Crippen LogP contribution in [-0.2, 0) is 14.6 Å². The maximum atomic E-state index is 12.5. The lowest BCUT2D eigenvalue weighted by Crippen LogP contribution is -2.46. The van der Waals surface area contributed by atoms with Crippen molar-refractivity contribution in [1.29, 1.82) is 0 Å². The van der Waals surface area contributed by atoms with Gasteiger partial charge in [0.05, 0.1) is 4.90 Å². The molecule has 0 amide bonds. The van der Waals surface area contributed by atoms with Crippen molar-refractivity contribution >= 4 is 15.5 Å². The summed E-state index contributed by atoms with van der Waals surface area (Å²) in [6.07, 6.45) is -3.81. The summed E-state index contributed by atoms with van der Waals surface area (Å²) < 4.78 is 88.4. The third-order valence-electron chi connectivity index (χ3n) is 4.17. The first-order chi connectivity index (χ1) is 12.6. The van der Waals surface area contributed by atoms with Gasteiger partial charge < -0.3 is 9.64 Å². The molecule has 1 heterocycles. The summed E-state index contributed by atoms with van der Waals surface area (Å²) in [5, 5.41) is 0. The predicted octanol–water partition coefficient (Wildman–Crippen LogP) is 2.77. The second-order valence-corrected chi connectivity index (χ2v) is 8.07. The molecule has 1 saturated heterocycles. The van der Waals surface area contributed by atoms with E-state index in [9.17, 15) is 30.4 Å². The number of piperazine rings is 1. The van der Waals surface area contributed by atoms with Gasteiger partial charge in [0.15, 0.2) is 0 Å². The molecule has 1 aliphatic rings. The van der Waals surface area contributed by atoms with E-state index in [1.54, 1.807) is 0 Å². The number of benzene rings is 1. The number of alkyl halides is 5. The SMILES string of the molecule is O=S(=O)(c1ccc(N2CCN(CCCOCC(F)(F)F)CC2)cc1)C(F)F. The van der Waals surface area contributed by atoms with Crippen LogP contribution in [0, 0.1) is 0 Å². The Morgan fingerprint density at radius 1 is 1.04 bits per heavy atom. The molecule has 1 fully saturated rings. The van der Waals surface area contributed by atoms with E-state index in [0.29, 0.717) is 39.1 Å². The van der Waals surface area contributed by atoms with Crippen LogP contribution in [0.1, 0.15) is 6.42 Å². The van der Waals surface area contributed by atoms with Crippen molar-refractivity contribution < 1.29 is 35.1 Å². The summed E-state index contributed by atoms with van der Waals surface area (Å²) in [5.41, 5.74) is 0.733. The zero-order valence-electron chi connectivity index (χ0n) is 14.5. The fourth-order valence-corrected chi connectivity index (χ4v) is 3.48. The number of anilines is 1. The highest BCUT2D eigenvalue weighted by atomic mass is 32.2. The maximum absolute atomic E-state index is 12.5. The first-order valence-electron chi connectivity index (χ1n) is 8.33. The van der Waals surface area contributed by atoms with E-state index in [2.05, 4.69) is 9.64 Å². The molecule has 2 rings (SSSR count). The molecule has 1 aliphatic heterocycles. The normalized spacial score (nSPS) is 16.9. The van der Waals surface area contributed by atoms with Gasteiger partial charge in [0.25, 0.3) is 0 Å². The van der Waals surface area contributed by atoms with Crippen LogP contribution < -0.4 is 4.90 Å². The summed E-state index contributed by atoms with van der Waals surface area (Å²) in [7, 11) is -4.60. The molecule has 27 heavy (non-hydrogen) atoms. The van der Waals surface area contributed by atoms with E-state index in [0.717, 1.165) is 5.69 Å². The molecule has 11 heteroatoms. The topological polar surface area (TPSA) is 49.9 Å². The first-order valence-corrected chi connectivity index (χ1v) is 9.88. The van der Waals surface area contributed by atoms with Gasteiger partial charge in [0, 0.05) is 45.0 Å². The molecule has 0 aromatic heterocycles. The second-order valence-electron chi connectivity index (χ2n) is 6.15. The number of nitrogens with zero attached hydrogens (tertiary/aromatic N) is 2. The Labute approximate surface area is 154 Å². The minimum atomic E-state index is -4.60. The molecule has 154 valence electrons. The average molecular weight is 416 g/mol. The van der Waals surface area contributed by atoms with Crippen LogP contribution in [0.4, 0.5) is 27.6 Å². The van der Waals surface area contributed by atoms with Gasteiger partial charge in [-0.3, -0.25) is 4.90 Å². The van der Waals surface area contributed by atoms with Crippen molar-refractivity contribution in [3.63, 3.8) is 0 Å².